The molecule has 0 radical (unpaired) electrons. The van der Waals surface area contributed by atoms with Gasteiger partial charge in [0.25, 0.3) is 0 Å². The second-order valence-corrected chi connectivity index (χ2v) is 7.53. The molecule has 2 heterocycles. The summed E-state index contributed by atoms with van der Waals surface area (Å²) in [5.74, 6) is -0.617. The van der Waals surface area contributed by atoms with E-state index in [0.717, 1.165) is 24.1 Å². The highest BCUT2D eigenvalue weighted by molar-refractivity contribution is 6.09. The van der Waals surface area contributed by atoms with E-state index in [9.17, 15) is 14.7 Å². The Bertz CT molecular complexity index is 671. The molecule has 1 aromatic rings. The Labute approximate surface area is 149 Å². The number of aliphatic hydroxyl groups is 1. The lowest BCUT2D eigenvalue weighted by Gasteiger charge is -2.35. The highest BCUT2D eigenvalue weighted by Gasteiger charge is 2.41. The number of benzene rings is 1. The van der Waals surface area contributed by atoms with Gasteiger partial charge in [0.2, 0.25) is 11.8 Å². The highest BCUT2D eigenvalue weighted by Crippen LogP contribution is 2.29. The van der Waals surface area contributed by atoms with Gasteiger partial charge in [-0.2, -0.15) is 0 Å². The predicted molar refractivity (Wildman–Crippen MR) is 97.4 cm³/mol. The van der Waals surface area contributed by atoms with Crippen molar-refractivity contribution < 1.29 is 14.7 Å². The number of anilines is 1. The quantitative estimate of drug-likeness (QED) is 0.856. The first-order valence-corrected chi connectivity index (χ1v) is 9.24. The Kier molecular flexibility index (Phi) is 5.13. The minimum atomic E-state index is -0.575. The van der Waals surface area contributed by atoms with Gasteiger partial charge >= 0.3 is 0 Å². The number of amides is 2. The summed E-state index contributed by atoms with van der Waals surface area (Å²) in [6.07, 6.45) is 1.99. The number of likely N-dealkylation sites (tertiary alicyclic amines) is 1. The Morgan fingerprint density at radius 3 is 2.64 bits per heavy atom. The molecule has 136 valence electrons. The minimum absolute atomic E-state index is 0.0679. The van der Waals surface area contributed by atoms with E-state index in [4.69, 9.17) is 0 Å². The van der Waals surface area contributed by atoms with Gasteiger partial charge in [0.15, 0.2) is 0 Å². The van der Waals surface area contributed by atoms with Crippen LogP contribution in [-0.2, 0) is 9.59 Å². The molecule has 2 saturated heterocycles. The fraction of sp³-hybridized carbons (Fsp3) is 0.600. The number of aryl methyl sites for hydroxylation is 2. The van der Waals surface area contributed by atoms with E-state index < -0.39 is 12.0 Å². The molecule has 1 N–H and O–H groups in total. The van der Waals surface area contributed by atoms with Crippen LogP contribution in [0.2, 0.25) is 0 Å². The standard InChI is InChI=1S/C20H28N2O3/c1-13-6-7-17(11-14(13)2)22-10-8-18(20(22)25)19(24)21-9-4-5-16(12-21)15(3)23/h6-7,11,15-16,18,23H,4-5,8-10,12H2,1-3H3. The fourth-order valence-corrected chi connectivity index (χ4v) is 3.88. The number of nitrogens with zero attached hydrogens (tertiary/aromatic N) is 2. The van der Waals surface area contributed by atoms with Crippen molar-refractivity contribution in [2.45, 2.75) is 46.1 Å². The summed E-state index contributed by atoms with van der Waals surface area (Å²) >= 11 is 0. The van der Waals surface area contributed by atoms with Crippen LogP contribution in [0.1, 0.15) is 37.3 Å². The van der Waals surface area contributed by atoms with Crippen LogP contribution in [0.25, 0.3) is 0 Å². The van der Waals surface area contributed by atoms with Crippen LogP contribution < -0.4 is 4.90 Å². The van der Waals surface area contributed by atoms with Crippen LogP contribution in [0.3, 0.4) is 0 Å². The topological polar surface area (TPSA) is 60.9 Å². The van der Waals surface area contributed by atoms with Gasteiger partial charge in [-0.3, -0.25) is 9.59 Å². The summed E-state index contributed by atoms with van der Waals surface area (Å²) in [5.41, 5.74) is 3.22. The van der Waals surface area contributed by atoms with Crippen molar-refractivity contribution in [3.63, 3.8) is 0 Å². The SMILES string of the molecule is Cc1ccc(N2CCC(C(=O)N3CCCC(C(C)O)C3)C2=O)cc1C. The Morgan fingerprint density at radius 2 is 1.96 bits per heavy atom. The number of aliphatic hydroxyl groups excluding tert-OH is 1. The summed E-state index contributed by atoms with van der Waals surface area (Å²) in [6.45, 7) is 7.70. The second-order valence-electron chi connectivity index (χ2n) is 7.53. The highest BCUT2D eigenvalue weighted by atomic mass is 16.3. The van der Waals surface area contributed by atoms with Crippen molar-refractivity contribution in [3.05, 3.63) is 29.3 Å². The van der Waals surface area contributed by atoms with Gasteiger partial charge in [0.05, 0.1) is 6.10 Å². The molecule has 0 aliphatic carbocycles. The number of carbonyl (C=O) groups is 2. The van der Waals surface area contributed by atoms with E-state index in [1.807, 2.05) is 32.0 Å². The number of rotatable bonds is 3. The molecule has 3 unspecified atom stereocenters. The molecular formula is C20H28N2O3. The number of hydrogen-bond donors (Lipinski definition) is 1. The first kappa shape index (κ1) is 17.9. The predicted octanol–water partition coefficient (Wildman–Crippen LogP) is 2.28. The molecule has 0 bridgehead atoms. The van der Waals surface area contributed by atoms with Crippen LogP contribution in [0, 0.1) is 25.7 Å². The van der Waals surface area contributed by atoms with Crippen molar-refractivity contribution in [1.82, 2.24) is 4.90 Å². The molecule has 25 heavy (non-hydrogen) atoms. The zero-order valence-corrected chi connectivity index (χ0v) is 15.4. The monoisotopic (exact) mass is 344 g/mol. The average molecular weight is 344 g/mol. The van der Waals surface area contributed by atoms with Crippen molar-refractivity contribution in [2.24, 2.45) is 11.8 Å². The first-order chi connectivity index (χ1) is 11.9. The Balaban J connectivity index is 1.70. The average Bonchev–Trinajstić information content (AvgIpc) is 2.98. The van der Waals surface area contributed by atoms with Crippen LogP contribution in [-0.4, -0.2) is 47.6 Å². The lowest BCUT2D eigenvalue weighted by Crippen LogP contribution is -2.47. The summed E-state index contributed by atoms with van der Waals surface area (Å²) in [4.78, 5) is 29.2. The van der Waals surface area contributed by atoms with Crippen LogP contribution >= 0.6 is 0 Å². The largest absolute Gasteiger partial charge is 0.393 e. The molecule has 2 aliphatic heterocycles. The molecule has 2 fully saturated rings. The molecule has 2 amide bonds. The normalized spacial score (nSPS) is 25.4. The van der Waals surface area contributed by atoms with Gasteiger partial charge in [-0.1, -0.05) is 6.07 Å². The Hall–Kier alpha value is -1.88. The first-order valence-electron chi connectivity index (χ1n) is 9.24. The summed E-state index contributed by atoms with van der Waals surface area (Å²) in [6, 6.07) is 5.99. The van der Waals surface area contributed by atoms with E-state index in [2.05, 4.69) is 0 Å². The minimum Gasteiger partial charge on any atom is -0.393 e. The van der Waals surface area contributed by atoms with Crippen LogP contribution in [0.4, 0.5) is 5.69 Å². The number of hydrogen-bond acceptors (Lipinski definition) is 3. The molecular weight excluding hydrogens is 316 g/mol. The third-order valence-corrected chi connectivity index (χ3v) is 5.76. The van der Waals surface area contributed by atoms with E-state index >= 15 is 0 Å². The molecule has 1 aromatic carbocycles. The zero-order chi connectivity index (χ0) is 18.1. The maximum Gasteiger partial charge on any atom is 0.239 e. The van der Waals surface area contributed by atoms with Gasteiger partial charge in [-0.25, -0.2) is 0 Å². The van der Waals surface area contributed by atoms with Gasteiger partial charge < -0.3 is 14.9 Å². The molecule has 2 aliphatic rings. The molecule has 0 aromatic heterocycles. The van der Waals surface area contributed by atoms with E-state index in [0.29, 0.717) is 26.1 Å². The number of carbonyl (C=O) groups excluding carboxylic acids is 2. The van der Waals surface area contributed by atoms with Crippen LogP contribution in [0.15, 0.2) is 18.2 Å². The Morgan fingerprint density at radius 1 is 1.20 bits per heavy atom. The summed E-state index contributed by atoms with van der Waals surface area (Å²) < 4.78 is 0. The van der Waals surface area contributed by atoms with E-state index in [1.54, 1.807) is 16.7 Å². The smallest absolute Gasteiger partial charge is 0.239 e. The summed E-state index contributed by atoms with van der Waals surface area (Å²) in [5, 5.41) is 9.82. The maximum absolute atomic E-state index is 12.9. The van der Waals surface area contributed by atoms with Gasteiger partial charge in [0.1, 0.15) is 5.92 Å². The lowest BCUT2D eigenvalue weighted by atomic mass is 9.92. The molecule has 5 heteroatoms. The molecule has 3 rings (SSSR count). The lowest BCUT2D eigenvalue weighted by molar-refractivity contribution is -0.142. The van der Waals surface area contributed by atoms with E-state index in [-0.39, 0.29) is 17.7 Å². The molecule has 0 saturated carbocycles. The van der Waals surface area contributed by atoms with Crippen molar-refractivity contribution in [2.75, 3.05) is 24.5 Å². The molecule has 3 atom stereocenters. The van der Waals surface area contributed by atoms with Gasteiger partial charge in [-0.05, 0) is 63.3 Å². The van der Waals surface area contributed by atoms with E-state index in [1.165, 1.54) is 5.56 Å². The third-order valence-electron chi connectivity index (χ3n) is 5.76. The van der Waals surface area contributed by atoms with Crippen molar-refractivity contribution in [1.29, 1.82) is 0 Å². The molecule has 0 spiro atoms. The van der Waals surface area contributed by atoms with Crippen molar-refractivity contribution >= 4 is 17.5 Å². The fourth-order valence-electron chi connectivity index (χ4n) is 3.88. The summed E-state index contributed by atoms with van der Waals surface area (Å²) in [7, 11) is 0. The number of piperidine rings is 1. The zero-order valence-electron chi connectivity index (χ0n) is 15.4. The van der Waals surface area contributed by atoms with Gasteiger partial charge in [0, 0.05) is 31.2 Å². The second kappa shape index (κ2) is 7.16. The third kappa shape index (κ3) is 3.56. The van der Waals surface area contributed by atoms with Crippen molar-refractivity contribution in [3.8, 4) is 0 Å². The van der Waals surface area contributed by atoms with Gasteiger partial charge in [-0.15, -0.1) is 0 Å². The van der Waals surface area contributed by atoms with Crippen LogP contribution in [0.5, 0.6) is 0 Å². The molecule has 5 nitrogen and oxygen atoms in total. The maximum atomic E-state index is 12.9.